The van der Waals surface area contributed by atoms with Crippen molar-refractivity contribution in [3.05, 3.63) is 0 Å². The number of hydrogen-bond acceptors (Lipinski definition) is 20. The minimum absolute atomic E-state index is 0.192. The van der Waals surface area contributed by atoms with Gasteiger partial charge in [-0.15, -0.1) is 0 Å². The van der Waals surface area contributed by atoms with Crippen LogP contribution in [-0.4, -0.2) is 236 Å². The van der Waals surface area contributed by atoms with Gasteiger partial charge in [0, 0.05) is 0 Å². The van der Waals surface area contributed by atoms with E-state index in [0.717, 1.165) is 0 Å². The molecule has 4 rings (SSSR count). The first kappa shape index (κ1) is 43.4. The van der Waals surface area contributed by atoms with E-state index in [0.29, 0.717) is 6.42 Å². The van der Waals surface area contributed by atoms with Gasteiger partial charge in [-0.3, -0.25) is 0 Å². The third kappa shape index (κ3) is 9.40. The molecule has 20 atom stereocenters. The van der Waals surface area contributed by atoms with E-state index in [2.05, 4.69) is 0 Å². The molecule has 4 aliphatic rings. The van der Waals surface area contributed by atoms with Crippen LogP contribution in [0.1, 0.15) is 13.3 Å². The first-order chi connectivity index (χ1) is 24.4. The first-order valence-corrected chi connectivity index (χ1v) is 18.7. The number of hydrogen-bond donors (Lipinski definition) is 10. The van der Waals surface area contributed by atoms with E-state index < -0.39 is 162 Å². The van der Waals surface area contributed by atoms with Gasteiger partial charge in [-0.2, -0.15) is 0 Å². The summed E-state index contributed by atoms with van der Waals surface area (Å²) in [5.41, 5.74) is 0. The Balaban J connectivity index is 1.60. The molecular weight excluding hydrogens is 759 g/mol. The minimum atomic E-state index is -1.58. The van der Waals surface area contributed by atoms with Crippen molar-refractivity contribution in [2.75, 3.05) is 54.4 Å². The van der Waals surface area contributed by atoms with Gasteiger partial charge >= 0.3 is 301 Å². The average molecular weight is 814 g/mol. The van der Waals surface area contributed by atoms with E-state index in [1.54, 1.807) is 0 Å². The van der Waals surface area contributed by atoms with Crippen molar-refractivity contribution in [3.63, 3.8) is 0 Å². The molecule has 20 nitrogen and oxygen atoms in total. The van der Waals surface area contributed by atoms with Gasteiger partial charge in [0.25, 0.3) is 0 Å². The molecular formula is C30H54O20Se. The molecule has 21 heteroatoms. The molecule has 0 radical (unpaired) electrons. The molecule has 10 N–H and O–H groups in total. The molecule has 300 valence electrons. The van der Waals surface area contributed by atoms with Gasteiger partial charge in [0.2, 0.25) is 0 Å². The summed E-state index contributed by atoms with van der Waals surface area (Å²) in [7, 11) is 3.89. The van der Waals surface area contributed by atoms with E-state index >= 15 is 0 Å². The molecule has 0 amide bonds. The fourth-order valence-electron chi connectivity index (χ4n) is 6.62. The first-order valence-electron chi connectivity index (χ1n) is 16.7. The van der Waals surface area contributed by atoms with Crippen LogP contribution in [-0.2, 0) is 47.4 Å². The second-order valence-corrected chi connectivity index (χ2v) is 15.3. The quantitative estimate of drug-likeness (QED) is 0.0649. The number of ether oxygens (including phenoxy) is 10. The maximum atomic E-state index is 11.7. The third-order valence-electron chi connectivity index (χ3n) is 9.42. The Morgan fingerprint density at radius 2 is 1.00 bits per heavy atom. The van der Waals surface area contributed by atoms with Crippen molar-refractivity contribution in [1.29, 1.82) is 0 Å². The summed E-state index contributed by atoms with van der Waals surface area (Å²) < 4.78 is 57.5. The van der Waals surface area contributed by atoms with E-state index in [1.807, 2.05) is 6.92 Å². The molecule has 4 aliphatic heterocycles. The summed E-state index contributed by atoms with van der Waals surface area (Å²) >= 11 is -0.945. The molecule has 0 aliphatic carbocycles. The maximum absolute atomic E-state index is 11.7. The second-order valence-electron chi connectivity index (χ2n) is 12.6. The van der Waals surface area contributed by atoms with Crippen LogP contribution in [0.4, 0.5) is 0 Å². The molecule has 0 bridgehead atoms. The Labute approximate surface area is 301 Å². The SMILES string of the molecule is CCCO[C@@H]1O[C@@H](CO)[C@H](O)[C@H](O[C@@H]2O[C@H](CO)[C@H](OC)[C@H]([Se][C@@H]3O[C@@H](CO)[C@H](O)[C@H](O[C@@H]4O[C@@H](CO)[C@H](O)[C@H](O)[C@H]4OC)[C@H]3OC)[C@@H]2O)[C@H]1O. The number of methoxy groups -OCH3 is 3. The molecule has 4 saturated heterocycles. The molecule has 0 unspecified atom stereocenters. The van der Waals surface area contributed by atoms with E-state index in [-0.39, 0.29) is 6.61 Å². The zero-order chi connectivity index (χ0) is 37.6. The van der Waals surface area contributed by atoms with Crippen LogP contribution < -0.4 is 0 Å². The number of aliphatic hydroxyl groups is 10. The molecule has 4 fully saturated rings. The van der Waals surface area contributed by atoms with Gasteiger partial charge < -0.3 is 0 Å². The Morgan fingerprint density at radius 3 is 1.57 bits per heavy atom. The summed E-state index contributed by atoms with van der Waals surface area (Å²) in [6, 6.07) is 0. The number of aliphatic hydroxyl groups excluding tert-OH is 10. The third-order valence-corrected chi connectivity index (χ3v) is 12.6. The normalized spacial score (nSPS) is 48.1. The molecule has 0 aromatic carbocycles. The summed E-state index contributed by atoms with van der Waals surface area (Å²) in [5, 5.41) is 105. The predicted octanol–water partition coefficient (Wildman–Crippen LogP) is -6.24. The Kier molecular flexibility index (Phi) is 17.1. The molecule has 0 saturated carbocycles. The van der Waals surface area contributed by atoms with Gasteiger partial charge in [0.1, 0.15) is 0 Å². The molecule has 0 spiro atoms. The van der Waals surface area contributed by atoms with Crippen LogP contribution in [0.2, 0.25) is 4.82 Å². The molecule has 0 aromatic rings. The van der Waals surface area contributed by atoms with Crippen LogP contribution in [0.25, 0.3) is 0 Å². The monoisotopic (exact) mass is 814 g/mol. The van der Waals surface area contributed by atoms with Crippen LogP contribution in [0.5, 0.6) is 0 Å². The fourth-order valence-corrected chi connectivity index (χ4v) is 10.1. The Hall–Kier alpha value is -0.281. The summed E-state index contributed by atoms with van der Waals surface area (Å²) in [5.74, 6) is 0. The van der Waals surface area contributed by atoms with Gasteiger partial charge in [-0.25, -0.2) is 0 Å². The summed E-state index contributed by atoms with van der Waals surface area (Å²) in [6.07, 6.45) is -24.0. The van der Waals surface area contributed by atoms with Crippen LogP contribution >= 0.6 is 0 Å². The van der Waals surface area contributed by atoms with Gasteiger partial charge in [0.15, 0.2) is 0 Å². The van der Waals surface area contributed by atoms with Gasteiger partial charge in [-0.1, -0.05) is 0 Å². The fraction of sp³-hybridized carbons (Fsp3) is 1.00. The predicted molar refractivity (Wildman–Crippen MR) is 167 cm³/mol. The number of rotatable bonds is 16. The van der Waals surface area contributed by atoms with Crippen molar-refractivity contribution in [2.45, 2.75) is 134 Å². The van der Waals surface area contributed by atoms with E-state index in [4.69, 9.17) is 47.4 Å². The van der Waals surface area contributed by atoms with Crippen molar-refractivity contribution < 1.29 is 98.4 Å². The van der Waals surface area contributed by atoms with Crippen molar-refractivity contribution in [2.24, 2.45) is 0 Å². The van der Waals surface area contributed by atoms with Gasteiger partial charge in [-0.05, 0) is 0 Å². The van der Waals surface area contributed by atoms with Crippen LogP contribution in [0.15, 0.2) is 0 Å². The van der Waals surface area contributed by atoms with Crippen LogP contribution in [0, 0.1) is 0 Å². The molecule has 0 aromatic heterocycles. The molecule has 51 heavy (non-hydrogen) atoms. The Bertz CT molecular complexity index is 1020. The van der Waals surface area contributed by atoms with E-state index in [9.17, 15) is 51.1 Å². The zero-order valence-corrected chi connectivity index (χ0v) is 30.5. The van der Waals surface area contributed by atoms with Crippen LogP contribution in [0.3, 0.4) is 0 Å². The second kappa shape index (κ2) is 20.1. The van der Waals surface area contributed by atoms with Crippen molar-refractivity contribution in [3.8, 4) is 0 Å². The summed E-state index contributed by atoms with van der Waals surface area (Å²) in [6.45, 7) is -0.558. The van der Waals surface area contributed by atoms with Crippen molar-refractivity contribution >= 4 is 15.0 Å². The van der Waals surface area contributed by atoms with Crippen molar-refractivity contribution in [1.82, 2.24) is 0 Å². The molecule has 4 heterocycles. The topological polar surface area (TPSA) is 295 Å². The van der Waals surface area contributed by atoms with E-state index in [1.165, 1.54) is 21.3 Å². The zero-order valence-electron chi connectivity index (χ0n) is 28.8. The van der Waals surface area contributed by atoms with Gasteiger partial charge in [0.05, 0.1) is 0 Å². The Morgan fingerprint density at radius 1 is 0.490 bits per heavy atom. The standard InChI is InChI=1S/C30H54O20Se/c1-5-6-44-27-19(39)22(16(36)12(8-32)45-27)49-28-20(40)26(21(41-2)14(10-34)47-28)51-30-25(43-4)23(17(37)13(9-33)48-30)50-29-24(42-3)18(38)15(35)11(7-31)46-29/h11-40H,5-10H2,1-4H3/t11-,12-,13-,14+,15-,16-,17-,18-,19+,20-,21-,22-,23-,24+,25+,26+,27+,28-,29-,30-/m0/s1. The summed E-state index contributed by atoms with van der Waals surface area (Å²) in [4.78, 5) is -0.931. The average Bonchev–Trinajstić information content (AvgIpc) is 3.13.